The third kappa shape index (κ3) is 3.47. The molecule has 0 bridgehead atoms. The fourth-order valence-corrected chi connectivity index (χ4v) is 2.32. The highest BCUT2D eigenvalue weighted by Gasteiger charge is 2.31. The number of nitrogens with zero attached hydrogens (tertiary/aromatic N) is 1. The van der Waals surface area contributed by atoms with Gasteiger partial charge in [-0.2, -0.15) is 0 Å². The molecule has 1 aromatic rings. The number of likely N-dealkylation sites (tertiary alicyclic amines) is 1. The van der Waals surface area contributed by atoms with E-state index in [-0.39, 0.29) is 12.5 Å². The van der Waals surface area contributed by atoms with E-state index in [9.17, 15) is 9.59 Å². The molecule has 0 aromatic heterocycles. The molecular formula is C14H18N2O3. The first kappa shape index (κ1) is 13.4. The highest BCUT2D eigenvalue weighted by Crippen LogP contribution is 2.17. The lowest BCUT2D eigenvalue weighted by Gasteiger charge is -2.33. The van der Waals surface area contributed by atoms with Crippen LogP contribution in [0.3, 0.4) is 0 Å². The van der Waals surface area contributed by atoms with Gasteiger partial charge in [0.1, 0.15) is 6.04 Å². The van der Waals surface area contributed by atoms with E-state index in [1.807, 2.05) is 30.3 Å². The van der Waals surface area contributed by atoms with Gasteiger partial charge in [0.25, 0.3) is 0 Å². The van der Waals surface area contributed by atoms with Crippen LogP contribution in [-0.2, 0) is 9.59 Å². The zero-order valence-corrected chi connectivity index (χ0v) is 10.7. The van der Waals surface area contributed by atoms with Crippen LogP contribution in [0.1, 0.15) is 19.3 Å². The zero-order chi connectivity index (χ0) is 13.7. The van der Waals surface area contributed by atoms with Crippen LogP contribution < -0.4 is 5.32 Å². The molecule has 1 aliphatic heterocycles. The van der Waals surface area contributed by atoms with Crippen LogP contribution in [0, 0.1) is 0 Å². The molecule has 19 heavy (non-hydrogen) atoms. The molecule has 0 radical (unpaired) electrons. The maximum absolute atomic E-state index is 12.1. The van der Waals surface area contributed by atoms with Crippen molar-refractivity contribution < 1.29 is 14.7 Å². The van der Waals surface area contributed by atoms with Crippen molar-refractivity contribution in [1.82, 2.24) is 4.90 Å². The molecule has 0 saturated carbocycles. The van der Waals surface area contributed by atoms with Crippen LogP contribution in [-0.4, -0.2) is 41.0 Å². The zero-order valence-electron chi connectivity index (χ0n) is 10.7. The number of carbonyl (C=O) groups is 2. The molecule has 1 aromatic carbocycles. The molecule has 1 fully saturated rings. The molecule has 1 saturated heterocycles. The molecule has 0 unspecified atom stereocenters. The van der Waals surface area contributed by atoms with Crippen molar-refractivity contribution in [2.75, 3.05) is 18.4 Å². The lowest BCUT2D eigenvalue weighted by molar-refractivity contribution is -0.151. The topological polar surface area (TPSA) is 69.6 Å². The van der Waals surface area contributed by atoms with Gasteiger partial charge in [-0.05, 0) is 31.4 Å². The number of nitrogens with one attached hydrogen (secondary N) is 1. The normalized spacial score (nSPS) is 18.9. The van der Waals surface area contributed by atoms with Gasteiger partial charge < -0.3 is 15.3 Å². The van der Waals surface area contributed by atoms with E-state index in [0.717, 1.165) is 18.5 Å². The molecule has 2 N–H and O–H groups in total. The van der Waals surface area contributed by atoms with E-state index < -0.39 is 12.0 Å². The Hall–Kier alpha value is -2.04. The summed E-state index contributed by atoms with van der Waals surface area (Å²) in [5.74, 6) is -1.07. The second-order valence-corrected chi connectivity index (χ2v) is 4.66. The molecule has 102 valence electrons. The molecular weight excluding hydrogens is 244 g/mol. The van der Waals surface area contributed by atoms with Crippen LogP contribution >= 0.6 is 0 Å². The second-order valence-electron chi connectivity index (χ2n) is 4.66. The molecule has 5 nitrogen and oxygen atoms in total. The Balaban J connectivity index is 1.93. The Kier molecular flexibility index (Phi) is 4.39. The quantitative estimate of drug-likeness (QED) is 0.864. The number of piperidine rings is 1. The first-order valence-corrected chi connectivity index (χ1v) is 6.49. The minimum Gasteiger partial charge on any atom is -0.480 e. The Morgan fingerprint density at radius 1 is 1.26 bits per heavy atom. The molecule has 2 rings (SSSR count). The number of carboxylic acids is 1. The Labute approximate surface area is 112 Å². The number of para-hydroxylation sites is 1. The van der Waals surface area contributed by atoms with Gasteiger partial charge in [0.05, 0.1) is 6.54 Å². The lowest BCUT2D eigenvalue weighted by atomic mass is 10.0. The molecule has 1 heterocycles. The standard InChI is InChI=1S/C14H18N2O3/c17-13(10-15-11-6-2-1-3-7-11)16-9-5-4-8-12(16)14(18)19/h1-3,6-7,12,15H,4-5,8-10H2,(H,18,19)/t12-/m0/s1. The van der Waals surface area contributed by atoms with Crippen LogP contribution in [0.15, 0.2) is 30.3 Å². The van der Waals surface area contributed by atoms with Crippen LogP contribution in [0.4, 0.5) is 5.69 Å². The Morgan fingerprint density at radius 2 is 2.00 bits per heavy atom. The van der Waals surface area contributed by atoms with E-state index in [1.54, 1.807) is 0 Å². The maximum Gasteiger partial charge on any atom is 0.326 e. The number of aliphatic carboxylic acids is 1. The minimum atomic E-state index is -0.909. The van der Waals surface area contributed by atoms with Crippen LogP contribution in [0.5, 0.6) is 0 Å². The fraction of sp³-hybridized carbons (Fsp3) is 0.429. The Bertz CT molecular complexity index is 447. The summed E-state index contributed by atoms with van der Waals surface area (Å²) in [6.07, 6.45) is 2.29. The van der Waals surface area contributed by atoms with E-state index in [0.29, 0.717) is 13.0 Å². The second kappa shape index (κ2) is 6.22. The molecule has 0 spiro atoms. The summed E-state index contributed by atoms with van der Waals surface area (Å²) in [5.41, 5.74) is 0.861. The summed E-state index contributed by atoms with van der Waals surface area (Å²) in [4.78, 5) is 24.7. The van der Waals surface area contributed by atoms with Crippen molar-refractivity contribution in [3.63, 3.8) is 0 Å². The van der Waals surface area contributed by atoms with E-state index in [2.05, 4.69) is 5.32 Å². The first-order valence-electron chi connectivity index (χ1n) is 6.49. The molecule has 1 atom stereocenters. The van der Waals surface area contributed by atoms with Crippen molar-refractivity contribution >= 4 is 17.6 Å². The average molecular weight is 262 g/mol. The van der Waals surface area contributed by atoms with Crippen molar-refractivity contribution in [1.29, 1.82) is 0 Å². The van der Waals surface area contributed by atoms with Gasteiger partial charge in [-0.3, -0.25) is 4.79 Å². The summed E-state index contributed by atoms with van der Waals surface area (Å²) >= 11 is 0. The fourth-order valence-electron chi connectivity index (χ4n) is 2.32. The number of carboxylic acid groups (broad SMARTS) is 1. The summed E-state index contributed by atoms with van der Waals surface area (Å²) in [5, 5.41) is 12.1. The van der Waals surface area contributed by atoms with Crippen molar-refractivity contribution in [2.45, 2.75) is 25.3 Å². The number of amides is 1. The summed E-state index contributed by atoms with van der Waals surface area (Å²) in [7, 11) is 0. The maximum atomic E-state index is 12.1. The highest BCUT2D eigenvalue weighted by atomic mass is 16.4. The summed E-state index contributed by atoms with van der Waals surface area (Å²) in [6.45, 7) is 0.667. The number of rotatable bonds is 4. The van der Waals surface area contributed by atoms with E-state index in [4.69, 9.17) is 5.11 Å². The van der Waals surface area contributed by atoms with Gasteiger partial charge in [-0.1, -0.05) is 18.2 Å². The SMILES string of the molecule is O=C(O)[C@@H]1CCCCN1C(=O)CNc1ccccc1. The predicted octanol–water partition coefficient (Wildman–Crippen LogP) is 1.56. The van der Waals surface area contributed by atoms with Gasteiger partial charge in [-0.25, -0.2) is 4.79 Å². The lowest BCUT2D eigenvalue weighted by Crippen LogP contribution is -2.49. The van der Waals surface area contributed by atoms with Gasteiger partial charge in [0.2, 0.25) is 5.91 Å². The number of hydrogen-bond donors (Lipinski definition) is 2. The van der Waals surface area contributed by atoms with Crippen molar-refractivity contribution in [3.05, 3.63) is 30.3 Å². The van der Waals surface area contributed by atoms with Crippen LogP contribution in [0.2, 0.25) is 0 Å². The van der Waals surface area contributed by atoms with E-state index >= 15 is 0 Å². The van der Waals surface area contributed by atoms with E-state index in [1.165, 1.54) is 4.90 Å². The predicted molar refractivity (Wildman–Crippen MR) is 71.9 cm³/mol. The smallest absolute Gasteiger partial charge is 0.326 e. The minimum absolute atomic E-state index is 0.133. The van der Waals surface area contributed by atoms with Gasteiger partial charge >= 0.3 is 5.97 Å². The number of carbonyl (C=O) groups excluding carboxylic acids is 1. The number of benzene rings is 1. The van der Waals surface area contributed by atoms with Gasteiger partial charge in [0, 0.05) is 12.2 Å². The first-order chi connectivity index (χ1) is 9.18. The largest absolute Gasteiger partial charge is 0.480 e. The van der Waals surface area contributed by atoms with Crippen molar-refractivity contribution in [2.24, 2.45) is 0 Å². The molecule has 5 heteroatoms. The molecule has 1 aliphatic rings. The third-order valence-electron chi connectivity index (χ3n) is 3.33. The van der Waals surface area contributed by atoms with Crippen molar-refractivity contribution in [3.8, 4) is 0 Å². The van der Waals surface area contributed by atoms with Gasteiger partial charge in [0.15, 0.2) is 0 Å². The molecule has 1 amide bonds. The summed E-state index contributed by atoms with van der Waals surface area (Å²) in [6, 6.07) is 8.74. The van der Waals surface area contributed by atoms with Crippen LogP contribution in [0.25, 0.3) is 0 Å². The monoisotopic (exact) mass is 262 g/mol. The third-order valence-corrected chi connectivity index (χ3v) is 3.33. The number of hydrogen-bond acceptors (Lipinski definition) is 3. The summed E-state index contributed by atoms with van der Waals surface area (Å²) < 4.78 is 0. The highest BCUT2D eigenvalue weighted by molar-refractivity contribution is 5.86. The van der Waals surface area contributed by atoms with Gasteiger partial charge in [-0.15, -0.1) is 0 Å². The molecule has 0 aliphatic carbocycles. The average Bonchev–Trinajstić information content (AvgIpc) is 2.46. The Morgan fingerprint density at radius 3 is 2.68 bits per heavy atom. The number of anilines is 1.